The lowest BCUT2D eigenvalue weighted by molar-refractivity contribution is 0.0873. The van der Waals surface area contributed by atoms with Gasteiger partial charge in [0.15, 0.2) is 0 Å². The minimum atomic E-state index is -0.756. The molecular formula is C15H28N4O. The van der Waals surface area contributed by atoms with Crippen molar-refractivity contribution in [3.63, 3.8) is 0 Å². The summed E-state index contributed by atoms with van der Waals surface area (Å²) >= 11 is 0. The fourth-order valence-corrected chi connectivity index (χ4v) is 2.28. The molecule has 5 nitrogen and oxygen atoms in total. The average molecular weight is 280 g/mol. The molecule has 0 aliphatic carbocycles. The van der Waals surface area contributed by atoms with E-state index in [1.807, 2.05) is 13.8 Å². The van der Waals surface area contributed by atoms with Gasteiger partial charge in [0.1, 0.15) is 18.0 Å². The predicted molar refractivity (Wildman–Crippen MR) is 84.5 cm³/mol. The van der Waals surface area contributed by atoms with Crippen LogP contribution in [0.1, 0.15) is 53.0 Å². The van der Waals surface area contributed by atoms with E-state index >= 15 is 0 Å². The summed E-state index contributed by atoms with van der Waals surface area (Å²) in [6.45, 7) is 14.2. The molecule has 0 aliphatic rings. The summed E-state index contributed by atoms with van der Waals surface area (Å²) in [7, 11) is 0. The third kappa shape index (κ3) is 4.34. The Morgan fingerprint density at radius 2 is 1.95 bits per heavy atom. The molecule has 0 saturated heterocycles. The zero-order valence-electron chi connectivity index (χ0n) is 13.6. The smallest absolute Gasteiger partial charge is 0.137 e. The summed E-state index contributed by atoms with van der Waals surface area (Å²) < 4.78 is 0. The maximum Gasteiger partial charge on any atom is 0.137 e. The zero-order valence-corrected chi connectivity index (χ0v) is 13.6. The molecule has 0 unspecified atom stereocenters. The van der Waals surface area contributed by atoms with Gasteiger partial charge >= 0.3 is 0 Å². The fraction of sp³-hybridized carbons (Fsp3) is 0.733. The van der Waals surface area contributed by atoms with Gasteiger partial charge in [-0.15, -0.1) is 0 Å². The molecule has 0 atom stereocenters. The van der Waals surface area contributed by atoms with Crippen LogP contribution in [0.3, 0.4) is 0 Å². The van der Waals surface area contributed by atoms with Crippen LogP contribution in [0, 0.1) is 0 Å². The minimum Gasteiger partial charge on any atom is -0.389 e. The van der Waals surface area contributed by atoms with E-state index in [0.717, 1.165) is 30.3 Å². The molecule has 2 N–H and O–H groups in total. The summed E-state index contributed by atoms with van der Waals surface area (Å²) in [6, 6.07) is 0. The molecule has 0 aromatic carbocycles. The second kappa shape index (κ2) is 6.88. The Kier molecular flexibility index (Phi) is 5.74. The van der Waals surface area contributed by atoms with Gasteiger partial charge in [0.05, 0.1) is 5.60 Å². The van der Waals surface area contributed by atoms with Gasteiger partial charge in [-0.25, -0.2) is 9.97 Å². The topological polar surface area (TPSA) is 61.3 Å². The number of hydrogen-bond acceptors (Lipinski definition) is 5. The molecule has 0 bridgehead atoms. The Hall–Kier alpha value is -1.36. The second-order valence-electron chi connectivity index (χ2n) is 5.97. The van der Waals surface area contributed by atoms with Crippen molar-refractivity contribution in [1.82, 2.24) is 9.97 Å². The molecular weight excluding hydrogens is 252 g/mol. The number of rotatable bonds is 7. The first-order valence-corrected chi connectivity index (χ1v) is 7.36. The van der Waals surface area contributed by atoms with E-state index in [1.54, 1.807) is 6.33 Å². The van der Waals surface area contributed by atoms with Gasteiger partial charge in [0.2, 0.25) is 0 Å². The number of anilines is 2. The molecule has 0 radical (unpaired) electrons. The van der Waals surface area contributed by atoms with Crippen molar-refractivity contribution in [2.75, 3.05) is 29.9 Å². The minimum absolute atomic E-state index is 0.316. The van der Waals surface area contributed by atoms with Crippen molar-refractivity contribution in [3.8, 4) is 0 Å². The number of likely N-dealkylation sites (N-methyl/N-ethyl adjacent to an activating group) is 1. The molecule has 0 aliphatic heterocycles. The van der Waals surface area contributed by atoms with E-state index in [9.17, 15) is 5.11 Å². The monoisotopic (exact) mass is 280 g/mol. The first kappa shape index (κ1) is 16.7. The maximum atomic E-state index is 10.1. The van der Waals surface area contributed by atoms with Crippen LogP contribution in [-0.2, 0) is 0 Å². The Labute approximate surface area is 122 Å². The summed E-state index contributed by atoms with van der Waals surface area (Å²) in [6.07, 6.45) is 1.59. The van der Waals surface area contributed by atoms with E-state index in [1.165, 1.54) is 0 Å². The lowest BCUT2D eigenvalue weighted by atomic mass is 10.0. The van der Waals surface area contributed by atoms with Crippen LogP contribution < -0.4 is 10.2 Å². The zero-order chi connectivity index (χ0) is 15.3. The molecule has 20 heavy (non-hydrogen) atoms. The van der Waals surface area contributed by atoms with E-state index in [-0.39, 0.29) is 0 Å². The van der Waals surface area contributed by atoms with Crippen LogP contribution in [0.5, 0.6) is 0 Å². The number of nitrogens with one attached hydrogen (secondary N) is 1. The van der Waals surface area contributed by atoms with Gasteiger partial charge in [-0.2, -0.15) is 0 Å². The number of aliphatic hydroxyl groups is 1. The Morgan fingerprint density at radius 1 is 1.30 bits per heavy atom. The van der Waals surface area contributed by atoms with Crippen molar-refractivity contribution in [3.05, 3.63) is 11.9 Å². The van der Waals surface area contributed by atoms with Crippen LogP contribution in [0.2, 0.25) is 0 Å². The highest BCUT2D eigenvalue weighted by molar-refractivity contribution is 5.60. The third-order valence-corrected chi connectivity index (χ3v) is 3.04. The van der Waals surface area contributed by atoms with Crippen molar-refractivity contribution < 1.29 is 5.11 Å². The van der Waals surface area contributed by atoms with Crippen LogP contribution in [-0.4, -0.2) is 40.3 Å². The van der Waals surface area contributed by atoms with Crippen molar-refractivity contribution >= 4 is 11.6 Å². The Balaban J connectivity index is 3.23. The maximum absolute atomic E-state index is 10.1. The highest BCUT2D eigenvalue weighted by atomic mass is 16.3. The number of aromatic nitrogens is 2. The quantitative estimate of drug-likeness (QED) is 0.804. The molecule has 0 fully saturated rings. The van der Waals surface area contributed by atoms with Crippen molar-refractivity contribution in [1.29, 1.82) is 0 Å². The molecule has 114 valence electrons. The lowest BCUT2D eigenvalue weighted by Gasteiger charge is -2.31. The Bertz CT molecular complexity index is 426. The van der Waals surface area contributed by atoms with E-state index < -0.39 is 5.60 Å². The molecule has 0 saturated carbocycles. The second-order valence-corrected chi connectivity index (χ2v) is 5.97. The van der Waals surface area contributed by atoms with Gasteiger partial charge in [-0.05, 0) is 33.6 Å². The molecule has 1 rings (SSSR count). The number of nitrogens with zero attached hydrogens (tertiary/aromatic N) is 3. The van der Waals surface area contributed by atoms with Crippen LogP contribution in [0.15, 0.2) is 6.33 Å². The van der Waals surface area contributed by atoms with E-state index in [2.05, 4.69) is 47.9 Å². The van der Waals surface area contributed by atoms with Crippen molar-refractivity contribution in [2.45, 2.75) is 53.1 Å². The molecule has 0 spiro atoms. The summed E-state index contributed by atoms with van der Waals surface area (Å²) in [4.78, 5) is 10.9. The molecule has 0 amide bonds. The molecule has 1 aromatic rings. The first-order valence-electron chi connectivity index (χ1n) is 7.36. The molecule has 1 heterocycles. The normalized spacial score (nSPS) is 11.8. The SMILES string of the molecule is CCNc1ncnc(N(CC)CC(C)(C)O)c1C(C)C. The van der Waals surface area contributed by atoms with Crippen LogP contribution >= 0.6 is 0 Å². The predicted octanol–water partition coefficient (Wildman–Crippen LogP) is 2.63. The van der Waals surface area contributed by atoms with E-state index in [0.29, 0.717) is 12.5 Å². The summed E-state index contributed by atoms with van der Waals surface area (Å²) in [5.41, 5.74) is 0.355. The lowest BCUT2D eigenvalue weighted by Crippen LogP contribution is -2.39. The first-order chi connectivity index (χ1) is 9.30. The molecule has 1 aromatic heterocycles. The highest BCUT2D eigenvalue weighted by Gasteiger charge is 2.23. The highest BCUT2D eigenvalue weighted by Crippen LogP contribution is 2.31. The third-order valence-electron chi connectivity index (χ3n) is 3.04. The largest absolute Gasteiger partial charge is 0.389 e. The average Bonchev–Trinajstić information content (AvgIpc) is 2.34. The standard InChI is InChI=1S/C15H28N4O/c1-7-16-13-12(11(3)4)14(18-10-17-13)19(8-2)9-15(5,6)20/h10-11,20H,7-9H2,1-6H3,(H,16,17,18). The van der Waals surface area contributed by atoms with Crippen LogP contribution in [0.4, 0.5) is 11.6 Å². The molecule has 5 heteroatoms. The van der Waals surface area contributed by atoms with Crippen LogP contribution in [0.25, 0.3) is 0 Å². The van der Waals surface area contributed by atoms with Crippen molar-refractivity contribution in [2.24, 2.45) is 0 Å². The van der Waals surface area contributed by atoms with Gasteiger partial charge < -0.3 is 15.3 Å². The van der Waals surface area contributed by atoms with Gasteiger partial charge in [0.25, 0.3) is 0 Å². The Morgan fingerprint density at radius 3 is 2.40 bits per heavy atom. The van der Waals surface area contributed by atoms with Gasteiger partial charge in [-0.3, -0.25) is 0 Å². The summed E-state index contributed by atoms with van der Waals surface area (Å²) in [5.74, 6) is 2.12. The van der Waals surface area contributed by atoms with Gasteiger partial charge in [-0.1, -0.05) is 13.8 Å². The summed E-state index contributed by atoms with van der Waals surface area (Å²) in [5, 5.41) is 13.4. The van der Waals surface area contributed by atoms with E-state index in [4.69, 9.17) is 0 Å². The van der Waals surface area contributed by atoms with Gasteiger partial charge in [0, 0.05) is 25.2 Å². The number of hydrogen-bond donors (Lipinski definition) is 2. The fourth-order valence-electron chi connectivity index (χ4n) is 2.28.